The Kier molecular flexibility index (Phi) is 7.61. The maximum Gasteiger partial charge on any atom is 0.366 e. The van der Waals surface area contributed by atoms with Crippen LogP contribution in [0.5, 0.6) is 0 Å². The van der Waals surface area contributed by atoms with Crippen molar-refractivity contribution >= 4 is 39.8 Å². The fourth-order valence-electron chi connectivity index (χ4n) is 0.704. The first-order chi connectivity index (χ1) is 8.36. The van der Waals surface area contributed by atoms with Crippen LogP contribution in [0, 0.1) is 0 Å². The van der Waals surface area contributed by atoms with Crippen molar-refractivity contribution < 1.29 is 33.4 Å². The molecule has 0 bridgehead atoms. The zero-order chi connectivity index (χ0) is 14.1. The molecule has 0 rings (SSSR count). The number of rotatable bonds is 5. The molecule has 0 aliphatic rings. The van der Waals surface area contributed by atoms with E-state index in [1.807, 2.05) is 0 Å². The number of hydrogen-bond donors (Lipinski definition) is 0. The van der Waals surface area contributed by atoms with E-state index >= 15 is 0 Å². The van der Waals surface area contributed by atoms with Gasteiger partial charge in [0.25, 0.3) is 5.01 Å². The monoisotopic (exact) mass is 322 g/mol. The van der Waals surface area contributed by atoms with Gasteiger partial charge in [0.15, 0.2) is 0 Å². The Morgan fingerprint density at radius 2 is 1.72 bits per heavy atom. The zero-order valence-corrected chi connectivity index (χ0v) is 11.3. The Hall–Kier alpha value is -1.70. The summed E-state index contributed by atoms with van der Waals surface area (Å²) >= 11 is 2.69. The van der Waals surface area contributed by atoms with Crippen molar-refractivity contribution in [3.8, 4) is 0 Å². The molecule has 18 heavy (non-hydrogen) atoms. The van der Waals surface area contributed by atoms with E-state index in [0.717, 1.165) is 19.1 Å². The molecule has 7 nitrogen and oxygen atoms in total. The number of halogens is 1. The SMILES string of the molecule is CCOC(=O)/C=C/C(=O)OC(Br)C(=O)OC(C)=O. The first-order valence-electron chi connectivity index (χ1n) is 4.78. The van der Waals surface area contributed by atoms with Crippen molar-refractivity contribution in [3.05, 3.63) is 12.2 Å². The third-order valence-corrected chi connectivity index (χ3v) is 1.85. The van der Waals surface area contributed by atoms with E-state index in [0.29, 0.717) is 0 Å². The molecule has 100 valence electrons. The smallest absolute Gasteiger partial charge is 0.366 e. The molecule has 0 saturated carbocycles. The fourth-order valence-corrected chi connectivity index (χ4v) is 0.981. The second-order valence-corrected chi connectivity index (χ2v) is 3.58. The summed E-state index contributed by atoms with van der Waals surface area (Å²) < 4.78 is 13.2. The van der Waals surface area contributed by atoms with Gasteiger partial charge < -0.3 is 14.2 Å². The number of alkyl halides is 1. The highest BCUT2D eigenvalue weighted by atomic mass is 79.9. The molecule has 0 radical (unpaired) electrons. The van der Waals surface area contributed by atoms with Gasteiger partial charge in [0.1, 0.15) is 0 Å². The molecule has 1 atom stereocenters. The number of esters is 4. The number of carbonyl (C=O) groups is 4. The summed E-state index contributed by atoms with van der Waals surface area (Å²) in [5.41, 5.74) is 0. The van der Waals surface area contributed by atoms with Gasteiger partial charge in [-0.05, 0) is 22.9 Å². The summed E-state index contributed by atoms with van der Waals surface area (Å²) in [7, 11) is 0. The second-order valence-electron chi connectivity index (χ2n) is 2.75. The summed E-state index contributed by atoms with van der Waals surface area (Å²) in [6.07, 6.45) is 1.63. The quantitative estimate of drug-likeness (QED) is 0.238. The van der Waals surface area contributed by atoms with Crippen molar-refractivity contribution in [2.45, 2.75) is 18.9 Å². The van der Waals surface area contributed by atoms with Gasteiger partial charge in [-0.15, -0.1) is 0 Å². The summed E-state index contributed by atoms with van der Waals surface area (Å²) in [6.45, 7) is 2.81. The molecule has 1 unspecified atom stereocenters. The van der Waals surface area contributed by atoms with Gasteiger partial charge in [0.2, 0.25) is 0 Å². The van der Waals surface area contributed by atoms with Crippen LogP contribution in [0.2, 0.25) is 0 Å². The summed E-state index contributed by atoms with van der Waals surface area (Å²) in [4.78, 5) is 43.5. The lowest BCUT2D eigenvalue weighted by molar-refractivity contribution is -0.166. The minimum atomic E-state index is -1.43. The number of hydrogen-bond acceptors (Lipinski definition) is 7. The van der Waals surface area contributed by atoms with Crippen LogP contribution in [-0.2, 0) is 33.4 Å². The van der Waals surface area contributed by atoms with Gasteiger partial charge >= 0.3 is 23.9 Å². The Labute approximate surface area is 111 Å². The molecule has 0 aromatic rings. The molecule has 0 fully saturated rings. The van der Waals surface area contributed by atoms with E-state index in [2.05, 4.69) is 30.1 Å². The molecular formula is C10H11BrO7. The lowest BCUT2D eigenvalue weighted by Gasteiger charge is -2.07. The van der Waals surface area contributed by atoms with E-state index in [4.69, 9.17) is 0 Å². The third kappa shape index (κ3) is 7.55. The van der Waals surface area contributed by atoms with Gasteiger partial charge in [-0.2, -0.15) is 0 Å². The average molecular weight is 323 g/mol. The highest BCUT2D eigenvalue weighted by Crippen LogP contribution is 2.05. The van der Waals surface area contributed by atoms with E-state index in [1.54, 1.807) is 6.92 Å². The minimum Gasteiger partial charge on any atom is -0.463 e. The molecule has 0 heterocycles. The minimum absolute atomic E-state index is 0.171. The van der Waals surface area contributed by atoms with Gasteiger partial charge in [-0.1, -0.05) is 0 Å². The van der Waals surface area contributed by atoms with E-state index in [1.165, 1.54) is 0 Å². The van der Waals surface area contributed by atoms with Crippen molar-refractivity contribution in [3.63, 3.8) is 0 Å². The fraction of sp³-hybridized carbons (Fsp3) is 0.400. The first-order valence-corrected chi connectivity index (χ1v) is 5.70. The molecule has 0 spiro atoms. The largest absolute Gasteiger partial charge is 0.463 e. The molecule has 0 saturated heterocycles. The summed E-state index contributed by atoms with van der Waals surface area (Å²) in [5, 5.41) is -1.43. The molecule has 0 aliphatic heterocycles. The normalized spacial score (nSPS) is 11.7. The van der Waals surface area contributed by atoms with E-state index in [-0.39, 0.29) is 6.61 Å². The van der Waals surface area contributed by atoms with Gasteiger partial charge in [0.05, 0.1) is 6.61 Å². The molecule has 0 aromatic carbocycles. The Bertz CT molecular complexity index is 374. The van der Waals surface area contributed by atoms with Crippen LogP contribution in [0.25, 0.3) is 0 Å². The standard InChI is InChI=1S/C10H11BrO7/c1-3-16-7(13)4-5-8(14)18-9(11)10(15)17-6(2)12/h4-5,9H,3H2,1-2H3/b5-4+. The predicted molar refractivity (Wildman–Crippen MR) is 61.4 cm³/mol. The van der Waals surface area contributed by atoms with Crippen LogP contribution in [-0.4, -0.2) is 35.5 Å². The van der Waals surface area contributed by atoms with Gasteiger partial charge in [-0.25, -0.2) is 14.4 Å². The van der Waals surface area contributed by atoms with Gasteiger partial charge in [0, 0.05) is 19.1 Å². The van der Waals surface area contributed by atoms with Crippen molar-refractivity contribution in [2.24, 2.45) is 0 Å². The van der Waals surface area contributed by atoms with Crippen molar-refractivity contribution in [1.82, 2.24) is 0 Å². The van der Waals surface area contributed by atoms with E-state index in [9.17, 15) is 19.2 Å². The maximum absolute atomic E-state index is 11.1. The highest BCUT2D eigenvalue weighted by molar-refractivity contribution is 9.09. The number of ether oxygens (including phenoxy) is 3. The van der Waals surface area contributed by atoms with Crippen LogP contribution in [0.1, 0.15) is 13.8 Å². The Balaban J connectivity index is 4.19. The molecule has 0 aliphatic carbocycles. The molecular weight excluding hydrogens is 312 g/mol. The van der Waals surface area contributed by atoms with Gasteiger partial charge in [-0.3, -0.25) is 4.79 Å². The maximum atomic E-state index is 11.1. The van der Waals surface area contributed by atoms with Crippen molar-refractivity contribution in [2.75, 3.05) is 6.61 Å². The Morgan fingerprint density at radius 1 is 1.17 bits per heavy atom. The highest BCUT2D eigenvalue weighted by Gasteiger charge is 2.21. The topological polar surface area (TPSA) is 96.0 Å². The third-order valence-electron chi connectivity index (χ3n) is 1.29. The molecule has 0 N–H and O–H groups in total. The van der Waals surface area contributed by atoms with Crippen molar-refractivity contribution in [1.29, 1.82) is 0 Å². The summed E-state index contributed by atoms with van der Waals surface area (Å²) in [6, 6.07) is 0. The zero-order valence-electron chi connectivity index (χ0n) is 9.67. The van der Waals surface area contributed by atoms with E-state index < -0.39 is 28.9 Å². The molecule has 0 amide bonds. The molecule has 0 aromatic heterocycles. The van der Waals surface area contributed by atoms with Crippen LogP contribution >= 0.6 is 15.9 Å². The van der Waals surface area contributed by atoms with Crippen LogP contribution in [0.4, 0.5) is 0 Å². The average Bonchev–Trinajstić information content (AvgIpc) is 2.25. The van der Waals surface area contributed by atoms with Crippen LogP contribution in [0.3, 0.4) is 0 Å². The summed E-state index contributed by atoms with van der Waals surface area (Å²) in [5.74, 6) is -3.58. The number of carbonyl (C=O) groups excluding carboxylic acids is 4. The van der Waals surface area contributed by atoms with Crippen LogP contribution in [0.15, 0.2) is 12.2 Å². The molecule has 8 heteroatoms. The lowest BCUT2D eigenvalue weighted by Crippen LogP contribution is -2.24. The Morgan fingerprint density at radius 3 is 2.22 bits per heavy atom. The predicted octanol–water partition coefficient (Wildman–Crippen LogP) is 0.460. The second kappa shape index (κ2) is 8.40. The first kappa shape index (κ1) is 16.3. The van der Waals surface area contributed by atoms with Crippen LogP contribution < -0.4 is 0 Å². The lowest BCUT2D eigenvalue weighted by atomic mass is 10.5.